The van der Waals surface area contributed by atoms with Crippen LogP contribution in [0.5, 0.6) is 0 Å². The topological polar surface area (TPSA) is 131 Å². The van der Waals surface area contributed by atoms with Crippen LogP contribution in [-0.2, 0) is 14.3 Å². The Morgan fingerprint density at radius 2 is 1.76 bits per heavy atom. The van der Waals surface area contributed by atoms with Crippen molar-refractivity contribution in [3.8, 4) is 0 Å². The minimum Gasteiger partial charge on any atom is -0.369 e. The summed E-state index contributed by atoms with van der Waals surface area (Å²) in [5.41, 5.74) is 9.48. The van der Waals surface area contributed by atoms with Gasteiger partial charge in [0.25, 0.3) is 5.91 Å². The highest BCUT2D eigenvalue weighted by Gasteiger charge is 2.56. The Morgan fingerprint density at radius 3 is 2.39 bits per heavy atom. The Morgan fingerprint density at radius 1 is 1.05 bits per heavy atom. The summed E-state index contributed by atoms with van der Waals surface area (Å²) in [4.78, 5) is 49.2. The first-order valence-corrected chi connectivity index (χ1v) is 13.9. The fraction of sp³-hybridized carbons (Fsp3) is 0.667. The number of Topliss-reactive ketones (excluding diaryl/α,β-unsaturated/α-hetero) is 1. The summed E-state index contributed by atoms with van der Waals surface area (Å²) in [6, 6.07) is 7.02. The van der Waals surface area contributed by atoms with E-state index in [1.54, 1.807) is 0 Å². The van der Waals surface area contributed by atoms with Gasteiger partial charge in [0.05, 0.1) is 12.1 Å². The third-order valence-corrected chi connectivity index (χ3v) is 9.24. The molecule has 0 bridgehead atoms. The number of carbonyl (C=O) groups excluding carboxylic acids is 3. The van der Waals surface area contributed by atoms with E-state index in [1.165, 1.54) is 24.2 Å². The zero-order valence-corrected chi connectivity index (χ0v) is 21.6. The third-order valence-electron chi connectivity index (χ3n) is 9.24. The van der Waals surface area contributed by atoms with E-state index in [9.17, 15) is 14.4 Å². The van der Waals surface area contributed by atoms with Crippen LogP contribution in [-0.4, -0.2) is 96.5 Å². The number of amides is 2. The molecule has 11 nitrogen and oxygen atoms in total. The zero-order valence-electron chi connectivity index (χ0n) is 21.6. The van der Waals surface area contributed by atoms with Crippen molar-refractivity contribution in [1.29, 1.82) is 0 Å². The molecule has 1 aromatic rings. The summed E-state index contributed by atoms with van der Waals surface area (Å²) in [5.74, 6) is -0.769. The lowest BCUT2D eigenvalue weighted by molar-refractivity contribution is -0.142. The molecule has 3 saturated heterocycles. The van der Waals surface area contributed by atoms with E-state index in [0.29, 0.717) is 18.4 Å². The fourth-order valence-corrected chi connectivity index (χ4v) is 6.86. The van der Waals surface area contributed by atoms with E-state index >= 15 is 0 Å². The van der Waals surface area contributed by atoms with Gasteiger partial charge in [0.15, 0.2) is 5.78 Å². The third kappa shape index (κ3) is 4.42. The molecule has 38 heavy (non-hydrogen) atoms. The molecule has 5 fully saturated rings. The molecule has 0 aromatic heterocycles. The number of carbonyl (C=O) groups is 3. The minimum atomic E-state index is -1.08. The molecule has 3 heterocycles. The van der Waals surface area contributed by atoms with E-state index in [4.69, 9.17) is 10.3 Å². The molecular formula is C27H35N7O4. The van der Waals surface area contributed by atoms with Crippen LogP contribution in [0.3, 0.4) is 0 Å². The molecule has 202 valence electrons. The van der Waals surface area contributed by atoms with Gasteiger partial charge in [-0.3, -0.25) is 19.3 Å². The van der Waals surface area contributed by atoms with Crippen molar-refractivity contribution in [2.24, 2.45) is 5.11 Å². The number of azide groups is 1. The molecule has 6 rings (SSSR count). The Balaban J connectivity index is 1.13. The van der Waals surface area contributed by atoms with Crippen LogP contribution in [0.25, 0.3) is 10.4 Å². The van der Waals surface area contributed by atoms with Crippen molar-refractivity contribution in [3.05, 3.63) is 40.3 Å². The molecule has 1 aromatic carbocycles. The second-order valence-corrected chi connectivity index (χ2v) is 11.3. The van der Waals surface area contributed by atoms with Gasteiger partial charge in [-0.15, -0.1) is 0 Å². The predicted octanol–water partition coefficient (Wildman–Crippen LogP) is 2.26. The number of nitrogens with one attached hydrogen (secondary N) is 1. The summed E-state index contributed by atoms with van der Waals surface area (Å²) < 4.78 is 5.57. The lowest BCUT2D eigenvalue weighted by Crippen LogP contribution is -2.60. The Bertz CT molecular complexity index is 1130. The molecule has 5 aliphatic rings. The summed E-state index contributed by atoms with van der Waals surface area (Å²) in [6.07, 6.45) is 6.01. The van der Waals surface area contributed by atoms with Crippen LogP contribution >= 0.6 is 0 Å². The van der Waals surface area contributed by atoms with Crippen molar-refractivity contribution in [2.75, 3.05) is 44.2 Å². The number of piperazine rings is 1. The highest BCUT2D eigenvalue weighted by Crippen LogP contribution is 2.37. The van der Waals surface area contributed by atoms with Crippen molar-refractivity contribution in [2.45, 2.75) is 74.7 Å². The monoisotopic (exact) mass is 521 g/mol. The van der Waals surface area contributed by atoms with Gasteiger partial charge in [-0.05, 0) is 55.5 Å². The van der Waals surface area contributed by atoms with Gasteiger partial charge in [-0.2, -0.15) is 0 Å². The minimum absolute atomic E-state index is 0.0993. The van der Waals surface area contributed by atoms with Gasteiger partial charge in [0.2, 0.25) is 5.91 Å². The highest BCUT2D eigenvalue weighted by atomic mass is 16.5. The van der Waals surface area contributed by atoms with E-state index in [0.717, 1.165) is 50.7 Å². The van der Waals surface area contributed by atoms with E-state index in [1.807, 2.05) is 24.3 Å². The zero-order chi connectivity index (χ0) is 26.3. The molecule has 0 spiro atoms. The average Bonchev–Trinajstić information content (AvgIpc) is 3.62. The molecule has 2 aliphatic carbocycles. The number of nitrogens with zero attached hydrogens (tertiary/aromatic N) is 6. The SMILES string of the molecule is [N-]=[N+]=N[C@@H]1CN(C(=O)C2(NC(=O)c3ccc(N4CCN(C5CCC5)CC4)cc3)CCCC2)[C@@H]2C(=O)CO[C@@H]21. The molecule has 1 N–H and O–H groups in total. The first-order valence-electron chi connectivity index (χ1n) is 13.9. The van der Waals surface area contributed by atoms with Crippen molar-refractivity contribution in [3.63, 3.8) is 0 Å². The Labute approximate surface area is 222 Å². The predicted molar refractivity (Wildman–Crippen MR) is 140 cm³/mol. The number of anilines is 1. The first kappa shape index (κ1) is 25.2. The van der Waals surface area contributed by atoms with E-state index in [2.05, 4.69) is 25.1 Å². The molecule has 11 heteroatoms. The number of rotatable bonds is 6. The average molecular weight is 522 g/mol. The highest BCUT2D eigenvalue weighted by molar-refractivity contribution is 6.01. The molecule has 3 atom stereocenters. The maximum atomic E-state index is 13.9. The van der Waals surface area contributed by atoms with Gasteiger partial charge < -0.3 is 19.9 Å². The molecule has 0 radical (unpaired) electrons. The second-order valence-electron chi connectivity index (χ2n) is 11.3. The number of likely N-dealkylation sites (tertiary alicyclic amines) is 1. The largest absolute Gasteiger partial charge is 0.369 e. The quantitative estimate of drug-likeness (QED) is 0.347. The van der Waals surface area contributed by atoms with Crippen molar-refractivity contribution in [1.82, 2.24) is 15.1 Å². The Kier molecular flexibility index (Phi) is 6.75. The van der Waals surface area contributed by atoms with Crippen molar-refractivity contribution >= 4 is 23.3 Å². The van der Waals surface area contributed by atoms with Crippen LogP contribution in [0.1, 0.15) is 55.3 Å². The number of fused-ring (bicyclic) bond motifs is 1. The van der Waals surface area contributed by atoms with Gasteiger partial charge in [-0.1, -0.05) is 24.4 Å². The van der Waals surface area contributed by atoms with Crippen LogP contribution in [0.2, 0.25) is 0 Å². The lowest BCUT2D eigenvalue weighted by Gasteiger charge is -2.43. The molecular weight excluding hydrogens is 486 g/mol. The standard InChI is InChI=1S/C27H35N7O4/c28-31-30-21-16-34(23-22(35)17-38-24(21)23)26(37)27(10-1-2-11-27)29-25(36)18-6-8-20(9-7-18)33-14-12-32(13-15-33)19-4-3-5-19/h6-9,19,21,23-24H,1-5,10-17H2,(H,29,36)/t21-,23-,24-/m1/s1. The summed E-state index contributed by atoms with van der Waals surface area (Å²) in [5, 5.41) is 6.82. The van der Waals surface area contributed by atoms with Gasteiger partial charge in [0, 0.05) is 54.9 Å². The van der Waals surface area contributed by atoms with Gasteiger partial charge >= 0.3 is 0 Å². The van der Waals surface area contributed by atoms with E-state index in [-0.39, 0.29) is 30.7 Å². The summed E-state index contributed by atoms with van der Waals surface area (Å²) in [6.45, 7) is 4.13. The maximum absolute atomic E-state index is 13.9. The maximum Gasteiger partial charge on any atom is 0.252 e. The van der Waals surface area contributed by atoms with Gasteiger partial charge in [-0.25, -0.2) is 0 Å². The fourth-order valence-electron chi connectivity index (χ4n) is 6.86. The lowest BCUT2D eigenvalue weighted by atomic mass is 9.91. The first-order chi connectivity index (χ1) is 18.5. The number of hydrogen-bond donors (Lipinski definition) is 1. The number of ketones is 1. The van der Waals surface area contributed by atoms with Crippen LogP contribution in [0.4, 0.5) is 5.69 Å². The molecule has 2 saturated carbocycles. The Hall–Kier alpha value is -3.14. The van der Waals surface area contributed by atoms with Gasteiger partial charge in [0.1, 0.15) is 18.2 Å². The smallest absolute Gasteiger partial charge is 0.252 e. The molecule has 0 unspecified atom stereocenters. The second kappa shape index (κ2) is 10.2. The van der Waals surface area contributed by atoms with Crippen LogP contribution in [0.15, 0.2) is 29.4 Å². The molecule has 2 amide bonds. The van der Waals surface area contributed by atoms with Crippen LogP contribution in [0, 0.1) is 0 Å². The van der Waals surface area contributed by atoms with Crippen molar-refractivity contribution < 1.29 is 19.1 Å². The van der Waals surface area contributed by atoms with E-state index < -0.39 is 23.7 Å². The van der Waals surface area contributed by atoms with Crippen LogP contribution < -0.4 is 10.2 Å². The summed E-state index contributed by atoms with van der Waals surface area (Å²) >= 11 is 0. The number of hydrogen-bond acceptors (Lipinski definition) is 7. The summed E-state index contributed by atoms with van der Waals surface area (Å²) in [7, 11) is 0. The normalized spacial score (nSPS) is 29.1. The number of ether oxygens (including phenoxy) is 1. The number of benzene rings is 1. The molecule has 3 aliphatic heterocycles.